The Labute approximate surface area is 173 Å². The van der Waals surface area contributed by atoms with Crippen LogP contribution in [0.25, 0.3) is 0 Å². The molecule has 0 aliphatic carbocycles. The standard InChI is InChI=1S/C22H22N2O6/c25-19(23-8-2-1-5-18(23)22-29-10-11-30-22)14-6-7-16-17(12-14)21(27)24(20(16)26)13-15-4-3-9-28-15/h3-4,6-7,9,12,18,22H,1-2,5,8,10-11,13H2. The van der Waals surface area contributed by atoms with Crippen LogP contribution in [0.2, 0.25) is 0 Å². The van der Waals surface area contributed by atoms with Crippen molar-refractivity contribution >= 4 is 17.7 Å². The van der Waals surface area contributed by atoms with Crippen LogP contribution < -0.4 is 0 Å². The molecule has 5 rings (SSSR count). The number of imide groups is 1. The molecule has 8 heteroatoms. The van der Waals surface area contributed by atoms with Crippen molar-refractivity contribution in [2.75, 3.05) is 19.8 Å². The number of nitrogens with zero attached hydrogens (tertiary/aromatic N) is 2. The highest BCUT2D eigenvalue weighted by Gasteiger charge is 2.39. The van der Waals surface area contributed by atoms with E-state index in [0.717, 1.165) is 24.2 Å². The molecular formula is C22H22N2O6. The van der Waals surface area contributed by atoms with E-state index in [-0.39, 0.29) is 30.0 Å². The molecule has 1 atom stereocenters. The maximum atomic E-state index is 13.3. The summed E-state index contributed by atoms with van der Waals surface area (Å²) in [6.07, 6.45) is 3.83. The first-order valence-electron chi connectivity index (χ1n) is 10.2. The lowest BCUT2D eigenvalue weighted by molar-refractivity contribution is -0.100. The number of piperidine rings is 1. The Morgan fingerprint density at radius 1 is 1.03 bits per heavy atom. The largest absolute Gasteiger partial charge is 0.467 e. The molecule has 1 aromatic carbocycles. The van der Waals surface area contributed by atoms with Gasteiger partial charge in [-0.25, -0.2) is 0 Å². The zero-order valence-electron chi connectivity index (χ0n) is 16.4. The van der Waals surface area contributed by atoms with Crippen LogP contribution in [0.1, 0.15) is 56.1 Å². The first-order valence-corrected chi connectivity index (χ1v) is 10.2. The second kappa shape index (κ2) is 7.70. The predicted molar refractivity (Wildman–Crippen MR) is 104 cm³/mol. The van der Waals surface area contributed by atoms with Crippen LogP contribution in [0.3, 0.4) is 0 Å². The van der Waals surface area contributed by atoms with E-state index < -0.39 is 12.2 Å². The van der Waals surface area contributed by atoms with E-state index in [1.807, 2.05) is 0 Å². The lowest BCUT2D eigenvalue weighted by Crippen LogP contribution is -2.50. The Hall–Kier alpha value is -2.97. The second-order valence-corrected chi connectivity index (χ2v) is 7.71. The fourth-order valence-electron chi connectivity index (χ4n) is 4.38. The van der Waals surface area contributed by atoms with Gasteiger partial charge < -0.3 is 18.8 Å². The third-order valence-corrected chi connectivity index (χ3v) is 5.88. The number of carbonyl (C=O) groups excluding carboxylic acids is 3. The predicted octanol–water partition coefficient (Wildman–Crippen LogP) is 2.44. The number of hydrogen-bond donors (Lipinski definition) is 0. The van der Waals surface area contributed by atoms with Crippen molar-refractivity contribution in [3.8, 4) is 0 Å². The van der Waals surface area contributed by atoms with Crippen LogP contribution in [0.15, 0.2) is 41.0 Å². The summed E-state index contributed by atoms with van der Waals surface area (Å²) in [4.78, 5) is 41.7. The molecule has 3 amide bonds. The van der Waals surface area contributed by atoms with Crippen molar-refractivity contribution in [3.05, 3.63) is 59.0 Å². The SMILES string of the molecule is O=C1c2ccc(C(=O)N3CCCCC3C3OCCO3)cc2C(=O)N1Cc1ccco1. The summed E-state index contributed by atoms with van der Waals surface area (Å²) < 4.78 is 16.6. The number of benzene rings is 1. The number of furan rings is 1. The highest BCUT2D eigenvalue weighted by Crippen LogP contribution is 2.29. The molecule has 156 valence electrons. The highest BCUT2D eigenvalue weighted by molar-refractivity contribution is 6.22. The number of carbonyl (C=O) groups is 3. The van der Waals surface area contributed by atoms with E-state index >= 15 is 0 Å². The summed E-state index contributed by atoms with van der Waals surface area (Å²) in [5, 5.41) is 0. The van der Waals surface area contributed by atoms with Crippen LogP contribution in [0, 0.1) is 0 Å². The summed E-state index contributed by atoms with van der Waals surface area (Å²) in [5.41, 5.74) is 0.944. The Balaban J connectivity index is 1.39. The molecule has 1 aromatic heterocycles. The van der Waals surface area contributed by atoms with Crippen molar-refractivity contribution < 1.29 is 28.3 Å². The molecule has 0 N–H and O–H groups in total. The number of likely N-dealkylation sites (tertiary alicyclic amines) is 1. The van der Waals surface area contributed by atoms with Crippen molar-refractivity contribution in [1.29, 1.82) is 0 Å². The summed E-state index contributed by atoms with van der Waals surface area (Å²) in [6.45, 7) is 1.74. The third-order valence-electron chi connectivity index (χ3n) is 5.88. The van der Waals surface area contributed by atoms with Gasteiger partial charge in [-0.15, -0.1) is 0 Å². The third kappa shape index (κ3) is 3.22. The summed E-state index contributed by atoms with van der Waals surface area (Å²) in [7, 11) is 0. The molecule has 3 aliphatic heterocycles. The fraction of sp³-hybridized carbons (Fsp3) is 0.409. The molecule has 0 saturated carbocycles. The average Bonchev–Trinajstić information content (AvgIpc) is 3.53. The first-order chi connectivity index (χ1) is 14.6. The minimum absolute atomic E-state index is 0.0627. The highest BCUT2D eigenvalue weighted by atomic mass is 16.7. The topological polar surface area (TPSA) is 89.3 Å². The Bertz CT molecular complexity index is 980. The van der Waals surface area contributed by atoms with Gasteiger partial charge in [0.1, 0.15) is 5.76 Å². The number of amides is 3. The van der Waals surface area contributed by atoms with E-state index in [2.05, 4.69) is 0 Å². The van der Waals surface area contributed by atoms with E-state index in [0.29, 0.717) is 36.6 Å². The molecule has 0 radical (unpaired) electrons. The van der Waals surface area contributed by atoms with Gasteiger partial charge in [-0.3, -0.25) is 19.3 Å². The van der Waals surface area contributed by atoms with Gasteiger partial charge in [0, 0.05) is 12.1 Å². The summed E-state index contributed by atoms with van der Waals surface area (Å²) in [5.74, 6) is -0.451. The van der Waals surface area contributed by atoms with Crippen molar-refractivity contribution in [3.63, 3.8) is 0 Å². The molecule has 2 saturated heterocycles. The van der Waals surface area contributed by atoms with Crippen LogP contribution in [0.4, 0.5) is 0 Å². The van der Waals surface area contributed by atoms with Crippen LogP contribution >= 0.6 is 0 Å². The molecule has 2 aromatic rings. The molecule has 2 fully saturated rings. The van der Waals surface area contributed by atoms with Gasteiger partial charge in [-0.1, -0.05) is 0 Å². The first kappa shape index (κ1) is 19.0. The van der Waals surface area contributed by atoms with Gasteiger partial charge in [-0.05, 0) is 49.6 Å². The van der Waals surface area contributed by atoms with Gasteiger partial charge in [0.05, 0.1) is 43.2 Å². The van der Waals surface area contributed by atoms with Gasteiger partial charge in [-0.2, -0.15) is 0 Å². The molecule has 0 bridgehead atoms. The molecule has 4 heterocycles. The minimum atomic E-state index is -0.418. The zero-order chi connectivity index (χ0) is 20.7. The monoisotopic (exact) mass is 410 g/mol. The van der Waals surface area contributed by atoms with Crippen molar-refractivity contribution in [2.24, 2.45) is 0 Å². The molecule has 0 spiro atoms. The summed E-state index contributed by atoms with van der Waals surface area (Å²) in [6, 6.07) is 7.98. The summed E-state index contributed by atoms with van der Waals surface area (Å²) >= 11 is 0. The van der Waals surface area contributed by atoms with Gasteiger partial charge >= 0.3 is 0 Å². The van der Waals surface area contributed by atoms with Gasteiger partial charge in [0.25, 0.3) is 17.7 Å². The maximum absolute atomic E-state index is 13.3. The molecule has 3 aliphatic rings. The number of rotatable bonds is 4. The number of fused-ring (bicyclic) bond motifs is 1. The second-order valence-electron chi connectivity index (χ2n) is 7.71. The van der Waals surface area contributed by atoms with Crippen LogP contribution in [-0.2, 0) is 16.0 Å². The van der Waals surface area contributed by atoms with Crippen molar-refractivity contribution in [1.82, 2.24) is 9.80 Å². The maximum Gasteiger partial charge on any atom is 0.261 e. The van der Waals surface area contributed by atoms with Crippen LogP contribution in [0.5, 0.6) is 0 Å². The van der Waals surface area contributed by atoms with Gasteiger partial charge in [0.15, 0.2) is 6.29 Å². The number of ether oxygens (including phenoxy) is 2. The Kier molecular flexibility index (Phi) is 4.88. The molecule has 30 heavy (non-hydrogen) atoms. The van der Waals surface area contributed by atoms with E-state index in [4.69, 9.17) is 13.9 Å². The molecule has 8 nitrogen and oxygen atoms in total. The quantitative estimate of drug-likeness (QED) is 0.720. The normalized spacial score (nSPS) is 22.1. The Morgan fingerprint density at radius 2 is 1.83 bits per heavy atom. The smallest absolute Gasteiger partial charge is 0.261 e. The Morgan fingerprint density at radius 3 is 2.60 bits per heavy atom. The fourth-order valence-corrected chi connectivity index (χ4v) is 4.38. The van der Waals surface area contributed by atoms with Gasteiger partial charge in [0.2, 0.25) is 0 Å². The lowest BCUT2D eigenvalue weighted by Gasteiger charge is -2.38. The van der Waals surface area contributed by atoms with Crippen molar-refractivity contribution in [2.45, 2.75) is 38.1 Å². The van der Waals surface area contributed by atoms with E-state index in [9.17, 15) is 14.4 Å². The average molecular weight is 410 g/mol. The zero-order valence-corrected chi connectivity index (χ0v) is 16.4. The number of hydrogen-bond acceptors (Lipinski definition) is 6. The van der Waals surface area contributed by atoms with E-state index in [1.165, 1.54) is 12.3 Å². The lowest BCUT2D eigenvalue weighted by atomic mass is 9.99. The minimum Gasteiger partial charge on any atom is -0.467 e. The van der Waals surface area contributed by atoms with E-state index in [1.54, 1.807) is 29.2 Å². The van der Waals surface area contributed by atoms with Crippen LogP contribution in [-0.4, -0.2) is 59.6 Å². The molecule has 1 unspecified atom stereocenters. The molecular weight excluding hydrogens is 388 g/mol.